The molecule has 23 heavy (non-hydrogen) atoms. The monoisotopic (exact) mass is 312 g/mol. The second-order valence-corrected chi connectivity index (χ2v) is 5.03. The molecule has 0 fully saturated rings. The summed E-state index contributed by atoms with van der Waals surface area (Å²) in [5.74, 6) is 0.378. The molecule has 1 amide bonds. The zero-order chi connectivity index (χ0) is 16.8. The highest BCUT2D eigenvalue weighted by Gasteiger charge is 2.14. The largest absolute Gasteiger partial charge is 0.340 e. The van der Waals surface area contributed by atoms with Gasteiger partial charge in [0.05, 0.1) is 0 Å². The van der Waals surface area contributed by atoms with E-state index in [9.17, 15) is 9.59 Å². The fraction of sp³-hybridized carbons (Fsp3) is 0.294. The Bertz CT molecular complexity index is 711. The molecule has 2 aromatic rings. The highest BCUT2D eigenvalue weighted by molar-refractivity contribution is 5.95. The van der Waals surface area contributed by atoms with Crippen LogP contribution in [0.15, 0.2) is 36.7 Å². The third kappa shape index (κ3) is 4.12. The van der Waals surface area contributed by atoms with Crippen LogP contribution < -0.4 is 5.32 Å². The predicted molar refractivity (Wildman–Crippen MR) is 89.0 cm³/mol. The van der Waals surface area contributed by atoms with Gasteiger partial charge in [0, 0.05) is 30.4 Å². The van der Waals surface area contributed by atoms with Gasteiger partial charge < -0.3 is 10.2 Å². The Morgan fingerprint density at radius 3 is 2.52 bits per heavy atom. The summed E-state index contributed by atoms with van der Waals surface area (Å²) < 4.78 is 0. The lowest BCUT2D eigenvalue weighted by molar-refractivity contribution is 0.0766. The van der Waals surface area contributed by atoms with Crippen LogP contribution >= 0.6 is 0 Å². The van der Waals surface area contributed by atoms with Crippen LogP contribution in [-0.2, 0) is 0 Å². The van der Waals surface area contributed by atoms with Crippen LogP contribution in [0, 0.1) is 0 Å². The van der Waals surface area contributed by atoms with Gasteiger partial charge in [-0.15, -0.1) is 0 Å². The molecule has 120 valence electrons. The second kappa shape index (κ2) is 7.49. The van der Waals surface area contributed by atoms with Crippen molar-refractivity contribution < 1.29 is 9.59 Å². The van der Waals surface area contributed by atoms with E-state index in [-0.39, 0.29) is 11.7 Å². The standard InChI is InChI=1S/C17H20N4O2/c1-4-21(5-2)17(23)15-10-16(19-11-18-15)20-14-8-6-7-13(9-14)12(3)22/h6-11H,4-5H2,1-3H3,(H,18,19,20). The number of hydrogen-bond acceptors (Lipinski definition) is 5. The van der Waals surface area contributed by atoms with Gasteiger partial charge in [0.25, 0.3) is 5.91 Å². The third-order valence-electron chi connectivity index (χ3n) is 3.48. The van der Waals surface area contributed by atoms with Crippen LogP contribution in [0.2, 0.25) is 0 Å². The molecule has 0 unspecified atom stereocenters. The van der Waals surface area contributed by atoms with Crippen molar-refractivity contribution in [3.05, 3.63) is 47.9 Å². The van der Waals surface area contributed by atoms with E-state index in [0.29, 0.717) is 30.2 Å². The van der Waals surface area contributed by atoms with Crippen molar-refractivity contribution in [2.24, 2.45) is 0 Å². The first-order valence-electron chi connectivity index (χ1n) is 7.54. The van der Waals surface area contributed by atoms with Crippen molar-refractivity contribution in [2.75, 3.05) is 18.4 Å². The molecule has 1 N–H and O–H groups in total. The summed E-state index contributed by atoms with van der Waals surface area (Å²) in [5, 5.41) is 3.10. The summed E-state index contributed by atoms with van der Waals surface area (Å²) in [6.07, 6.45) is 1.36. The first-order chi connectivity index (χ1) is 11.0. The van der Waals surface area contributed by atoms with Crippen LogP contribution in [0.1, 0.15) is 41.6 Å². The summed E-state index contributed by atoms with van der Waals surface area (Å²) in [4.78, 5) is 33.6. The average Bonchev–Trinajstić information content (AvgIpc) is 2.56. The Balaban J connectivity index is 2.22. The van der Waals surface area contributed by atoms with Gasteiger partial charge in [0.1, 0.15) is 17.8 Å². The van der Waals surface area contributed by atoms with Gasteiger partial charge in [0.15, 0.2) is 5.78 Å². The second-order valence-electron chi connectivity index (χ2n) is 5.03. The molecule has 1 heterocycles. The van der Waals surface area contributed by atoms with E-state index in [1.807, 2.05) is 19.9 Å². The highest BCUT2D eigenvalue weighted by Crippen LogP contribution is 2.17. The quantitative estimate of drug-likeness (QED) is 0.830. The van der Waals surface area contributed by atoms with Gasteiger partial charge in [-0.05, 0) is 32.9 Å². The van der Waals surface area contributed by atoms with Gasteiger partial charge in [-0.1, -0.05) is 12.1 Å². The van der Waals surface area contributed by atoms with E-state index in [1.165, 1.54) is 13.3 Å². The molecule has 1 aromatic heterocycles. The molecule has 0 saturated heterocycles. The minimum Gasteiger partial charge on any atom is -0.340 e. The fourth-order valence-corrected chi connectivity index (χ4v) is 2.18. The molecule has 0 aliphatic carbocycles. The summed E-state index contributed by atoms with van der Waals surface area (Å²) >= 11 is 0. The molecule has 0 radical (unpaired) electrons. The van der Waals surface area contributed by atoms with Crippen LogP contribution in [0.25, 0.3) is 0 Å². The molecular formula is C17H20N4O2. The molecule has 0 atom stereocenters. The molecular weight excluding hydrogens is 292 g/mol. The number of Topliss-reactive ketones (excluding diaryl/α,β-unsaturated/α-hetero) is 1. The Morgan fingerprint density at radius 1 is 1.13 bits per heavy atom. The summed E-state index contributed by atoms with van der Waals surface area (Å²) in [7, 11) is 0. The molecule has 0 saturated carbocycles. The van der Waals surface area contributed by atoms with E-state index in [0.717, 1.165) is 5.69 Å². The highest BCUT2D eigenvalue weighted by atomic mass is 16.2. The number of anilines is 2. The first kappa shape index (κ1) is 16.6. The number of aromatic nitrogens is 2. The number of nitrogens with zero attached hydrogens (tertiary/aromatic N) is 3. The van der Waals surface area contributed by atoms with Gasteiger partial charge in [-0.2, -0.15) is 0 Å². The van der Waals surface area contributed by atoms with Crippen molar-refractivity contribution in [3.63, 3.8) is 0 Å². The van der Waals surface area contributed by atoms with Crippen molar-refractivity contribution in [3.8, 4) is 0 Å². The topological polar surface area (TPSA) is 75.2 Å². The predicted octanol–water partition coefficient (Wildman–Crippen LogP) is 2.90. The minimum atomic E-state index is -0.127. The number of ketones is 1. The van der Waals surface area contributed by atoms with Crippen LogP contribution in [-0.4, -0.2) is 39.6 Å². The minimum absolute atomic E-state index is 0.00580. The molecule has 1 aromatic carbocycles. The van der Waals surface area contributed by atoms with Gasteiger partial charge in [0.2, 0.25) is 0 Å². The molecule has 2 rings (SSSR count). The molecule has 6 heteroatoms. The maximum absolute atomic E-state index is 12.3. The number of hydrogen-bond donors (Lipinski definition) is 1. The Hall–Kier alpha value is -2.76. The molecule has 0 spiro atoms. The normalized spacial score (nSPS) is 10.2. The third-order valence-corrected chi connectivity index (χ3v) is 3.48. The van der Waals surface area contributed by atoms with Crippen LogP contribution in [0.4, 0.5) is 11.5 Å². The lowest BCUT2D eigenvalue weighted by atomic mass is 10.1. The van der Waals surface area contributed by atoms with E-state index < -0.39 is 0 Å². The van der Waals surface area contributed by atoms with Crippen molar-refractivity contribution in [1.29, 1.82) is 0 Å². The van der Waals surface area contributed by atoms with Crippen molar-refractivity contribution in [1.82, 2.24) is 14.9 Å². The smallest absolute Gasteiger partial charge is 0.272 e. The fourth-order valence-electron chi connectivity index (χ4n) is 2.18. The Kier molecular flexibility index (Phi) is 5.41. The molecule has 0 bridgehead atoms. The van der Waals surface area contributed by atoms with Gasteiger partial charge >= 0.3 is 0 Å². The summed E-state index contributed by atoms with van der Waals surface area (Å²) in [5.41, 5.74) is 1.69. The Labute approximate surface area is 135 Å². The SMILES string of the molecule is CCN(CC)C(=O)c1cc(Nc2cccc(C(C)=O)c2)ncn1. The molecule has 0 aliphatic rings. The summed E-state index contributed by atoms with van der Waals surface area (Å²) in [6.45, 7) is 6.63. The lowest BCUT2D eigenvalue weighted by Gasteiger charge is -2.18. The van der Waals surface area contributed by atoms with E-state index in [1.54, 1.807) is 29.2 Å². The average molecular weight is 312 g/mol. The maximum Gasteiger partial charge on any atom is 0.272 e. The van der Waals surface area contributed by atoms with Gasteiger partial charge in [-0.3, -0.25) is 9.59 Å². The molecule has 0 aliphatic heterocycles. The van der Waals surface area contributed by atoms with Gasteiger partial charge in [-0.25, -0.2) is 9.97 Å². The van der Waals surface area contributed by atoms with E-state index in [2.05, 4.69) is 15.3 Å². The Morgan fingerprint density at radius 2 is 1.87 bits per heavy atom. The van der Waals surface area contributed by atoms with Crippen molar-refractivity contribution in [2.45, 2.75) is 20.8 Å². The number of rotatable bonds is 6. The maximum atomic E-state index is 12.3. The van der Waals surface area contributed by atoms with Crippen molar-refractivity contribution >= 4 is 23.2 Å². The van der Waals surface area contributed by atoms with Crippen LogP contribution in [0.5, 0.6) is 0 Å². The summed E-state index contributed by atoms with van der Waals surface area (Å²) in [6, 6.07) is 8.74. The van der Waals surface area contributed by atoms with Crippen LogP contribution in [0.3, 0.4) is 0 Å². The first-order valence-corrected chi connectivity index (χ1v) is 7.54. The molecule has 6 nitrogen and oxygen atoms in total. The number of carbonyl (C=O) groups is 2. The number of amides is 1. The van der Waals surface area contributed by atoms with E-state index >= 15 is 0 Å². The lowest BCUT2D eigenvalue weighted by Crippen LogP contribution is -2.31. The zero-order valence-electron chi connectivity index (χ0n) is 13.5. The zero-order valence-corrected chi connectivity index (χ0v) is 13.5. The van der Waals surface area contributed by atoms with E-state index in [4.69, 9.17) is 0 Å². The number of carbonyl (C=O) groups excluding carboxylic acids is 2. The number of benzene rings is 1. The number of nitrogens with one attached hydrogen (secondary N) is 1.